The maximum atomic E-state index is 14.1. The van der Waals surface area contributed by atoms with Gasteiger partial charge in [0.15, 0.2) is 5.78 Å². The van der Waals surface area contributed by atoms with Crippen molar-refractivity contribution in [2.24, 2.45) is 5.92 Å². The van der Waals surface area contributed by atoms with Gasteiger partial charge in [0.1, 0.15) is 5.82 Å². The summed E-state index contributed by atoms with van der Waals surface area (Å²) < 4.78 is 14.1. The van der Waals surface area contributed by atoms with Crippen molar-refractivity contribution < 1.29 is 14.0 Å². The Balaban J connectivity index is 1.89. The zero-order chi connectivity index (χ0) is 14.1. The number of amides is 1. The Morgan fingerprint density at radius 3 is 2.90 bits per heavy atom. The fourth-order valence-corrected chi connectivity index (χ4v) is 2.89. The smallest absolute Gasteiger partial charge is 0.224 e. The summed E-state index contributed by atoms with van der Waals surface area (Å²) in [5.41, 5.74) is 1.50. The first-order valence-corrected chi connectivity index (χ1v) is 7.02. The predicted molar refractivity (Wildman–Crippen MR) is 73.3 cm³/mol. The third-order valence-corrected chi connectivity index (χ3v) is 4.02. The molecule has 0 spiro atoms. The van der Waals surface area contributed by atoms with Gasteiger partial charge in [-0.15, -0.1) is 0 Å². The zero-order valence-electron chi connectivity index (χ0n) is 11.2. The van der Waals surface area contributed by atoms with Gasteiger partial charge in [-0.3, -0.25) is 9.59 Å². The SMILES string of the molecule is O=C1CCc2cc(C(=O)C3CCCNC3)c(F)cc2N1. The first-order chi connectivity index (χ1) is 9.65. The second kappa shape index (κ2) is 5.32. The number of fused-ring (bicyclic) bond motifs is 1. The summed E-state index contributed by atoms with van der Waals surface area (Å²) in [7, 11) is 0. The molecule has 1 aromatic carbocycles. The van der Waals surface area contributed by atoms with E-state index in [4.69, 9.17) is 0 Å². The van der Waals surface area contributed by atoms with Crippen LogP contribution in [-0.2, 0) is 11.2 Å². The molecule has 4 nitrogen and oxygen atoms in total. The Kier molecular flexibility index (Phi) is 3.53. The summed E-state index contributed by atoms with van der Waals surface area (Å²) in [6.45, 7) is 1.54. The second-order valence-electron chi connectivity index (χ2n) is 5.44. The van der Waals surface area contributed by atoms with Gasteiger partial charge < -0.3 is 10.6 Å². The van der Waals surface area contributed by atoms with Gasteiger partial charge >= 0.3 is 0 Å². The van der Waals surface area contributed by atoms with Crippen LogP contribution in [0.1, 0.15) is 35.2 Å². The molecule has 2 aliphatic rings. The Morgan fingerprint density at radius 1 is 1.30 bits per heavy atom. The molecule has 2 N–H and O–H groups in total. The van der Waals surface area contributed by atoms with Crippen LogP contribution >= 0.6 is 0 Å². The number of piperidine rings is 1. The monoisotopic (exact) mass is 276 g/mol. The van der Waals surface area contributed by atoms with Crippen molar-refractivity contribution in [1.82, 2.24) is 5.32 Å². The average molecular weight is 276 g/mol. The van der Waals surface area contributed by atoms with E-state index < -0.39 is 5.82 Å². The minimum atomic E-state index is -0.540. The topological polar surface area (TPSA) is 58.2 Å². The number of aryl methyl sites for hydroxylation is 1. The third-order valence-electron chi connectivity index (χ3n) is 4.02. The largest absolute Gasteiger partial charge is 0.326 e. The first-order valence-electron chi connectivity index (χ1n) is 7.02. The van der Waals surface area contributed by atoms with Crippen molar-refractivity contribution in [3.8, 4) is 0 Å². The summed E-state index contributed by atoms with van der Waals surface area (Å²) >= 11 is 0. The maximum Gasteiger partial charge on any atom is 0.224 e. The summed E-state index contributed by atoms with van der Waals surface area (Å²) in [4.78, 5) is 23.7. The molecule has 1 unspecified atom stereocenters. The van der Waals surface area contributed by atoms with Gasteiger partial charge in [-0.1, -0.05) is 0 Å². The second-order valence-corrected chi connectivity index (χ2v) is 5.44. The van der Waals surface area contributed by atoms with Crippen LogP contribution in [0.15, 0.2) is 12.1 Å². The molecular formula is C15H17FN2O2. The molecular weight excluding hydrogens is 259 g/mol. The fraction of sp³-hybridized carbons (Fsp3) is 0.467. The van der Waals surface area contributed by atoms with Crippen molar-refractivity contribution in [1.29, 1.82) is 0 Å². The summed E-state index contributed by atoms with van der Waals surface area (Å²) in [6, 6.07) is 2.89. The average Bonchev–Trinajstić information content (AvgIpc) is 2.46. The van der Waals surface area contributed by atoms with Crippen LogP contribution in [0.4, 0.5) is 10.1 Å². The number of hydrogen-bond acceptors (Lipinski definition) is 3. The number of carbonyl (C=O) groups is 2. The Bertz CT molecular complexity index is 565. The van der Waals surface area contributed by atoms with E-state index >= 15 is 0 Å². The lowest BCUT2D eigenvalue weighted by atomic mass is 9.89. The molecule has 1 atom stereocenters. The number of Topliss-reactive ketones (excluding diaryl/α,β-unsaturated/α-hetero) is 1. The van der Waals surface area contributed by atoms with E-state index in [1.165, 1.54) is 6.07 Å². The van der Waals surface area contributed by atoms with E-state index in [-0.39, 0.29) is 23.2 Å². The predicted octanol–water partition coefficient (Wildman–Crippen LogP) is 1.89. The van der Waals surface area contributed by atoms with Crippen LogP contribution in [-0.4, -0.2) is 24.8 Å². The van der Waals surface area contributed by atoms with Crippen LogP contribution in [0.5, 0.6) is 0 Å². The molecule has 2 heterocycles. The third kappa shape index (κ3) is 2.45. The Labute approximate surface area is 116 Å². The molecule has 0 saturated carbocycles. The van der Waals surface area contributed by atoms with E-state index in [0.717, 1.165) is 24.9 Å². The lowest BCUT2D eigenvalue weighted by Gasteiger charge is -2.23. The van der Waals surface area contributed by atoms with E-state index in [2.05, 4.69) is 10.6 Å². The van der Waals surface area contributed by atoms with Crippen molar-refractivity contribution in [3.63, 3.8) is 0 Å². The quantitative estimate of drug-likeness (QED) is 0.811. The highest BCUT2D eigenvalue weighted by atomic mass is 19.1. The van der Waals surface area contributed by atoms with Gasteiger partial charge in [0.2, 0.25) is 5.91 Å². The molecule has 2 aliphatic heterocycles. The molecule has 1 amide bonds. The molecule has 1 saturated heterocycles. The van der Waals surface area contributed by atoms with Crippen molar-refractivity contribution in [2.75, 3.05) is 18.4 Å². The van der Waals surface area contributed by atoms with Crippen LogP contribution in [0.25, 0.3) is 0 Å². The summed E-state index contributed by atoms with van der Waals surface area (Å²) in [5.74, 6) is -0.919. The normalized spacial score (nSPS) is 22.1. The first kappa shape index (κ1) is 13.2. The van der Waals surface area contributed by atoms with E-state index in [1.54, 1.807) is 6.07 Å². The summed E-state index contributed by atoms with van der Waals surface area (Å²) in [6.07, 6.45) is 2.69. The molecule has 1 aromatic rings. The lowest BCUT2D eigenvalue weighted by molar-refractivity contribution is -0.116. The minimum absolute atomic E-state index is 0.104. The van der Waals surface area contributed by atoms with Crippen molar-refractivity contribution in [2.45, 2.75) is 25.7 Å². The molecule has 0 aromatic heterocycles. The van der Waals surface area contributed by atoms with Gasteiger partial charge in [-0.2, -0.15) is 0 Å². The molecule has 5 heteroatoms. The van der Waals surface area contributed by atoms with Crippen molar-refractivity contribution in [3.05, 3.63) is 29.1 Å². The highest BCUT2D eigenvalue weighted by molar-refractivity contribution is 6.00. The standard InChI is InChI=1S/C15H17FN2O2/c16-12-7-13-9(3-4-14(19)18-13)6-11(12)15(20)10-2-1-5-17-8-10/h6-7,10,17H,1-5,8H2,(H,18,19). The highest BCUT2D eigenvalue weighted by Crippen LogP contribution is 2.28. The van der Waals surface area contributed by atoms with E-state index in [9.17, 15) is 14.0 Å². The van der Waals surface area contributed by atoms with Crippen LogP contribution in [0, 0.1) is 11.7 Å². The number of halogens is 1. The Morgan fingerprint density at radius 2 is 2.15 bits per heavy atom. The van der Waals surface area contributed by atoms with Gasteiger partial charge in [-0.05, 0) is 43.5 Å². The van der Waals surface area contributed by atoms with Crippen LogP contribution < -0.4 is 10.6 Å². The van der Waals surface area contributed by atoms with E-state index in [1.807, 2.05) is 0 Å². The highest BCUT2D eigenvalue weighted by Gasteiger charge is 2.26. The van der Waals surface area contributed by atoms with Gasteiger partial charge in [0.25, 0.3) is 0 Å². The van der Waals surface area contributed by atoms with Gasteiger partial charge in [-0.25, -0.2) is 4.39 Å². The van der Waals surface area contributed by atoms with Crippen LogP contribution in [0.2, 0.25) is 0 Å². The molecule has 20 heavy (non-hydrogen) atoms. The van der Waals surface area contributed by atoms with Crippen molar-refractivity contribution >= 4 is 17.4 Å². The molecule has 1 fully saturated rings. The minimum Gasteiger partial charge on any atom is -0.326 e. The number of carbonyl (C=O) groups excluding carboxylic acids is 2. The van der Waals surface area contributed by atoms with E-state index in [0.29, 0.717) is 25.1 Å². The molecule has 0 radical (unpaired) electrons. The summed E-state index contributed by atoms with van der Waals surface area (Å²) in [5, 5.41) is 5.82. The number of hydrogen-bond donors (Lipinski definition) is 2. The van der Waals surface area contributed by atoms with Crippen LogP contribution in [0.3, 0.4) is 0 Å². The number of ketones is 1. The number of anilines is 1. The zero-order valence-corrected chi connectivity index (χ0v) is 11.2. The maximum absolute atomic E-state index is 14.1. The molecule has 106 valence electrons. The number of rotatable bonds is 2. The molecule has 0 bridgehead atoms. The molecule has 3 rings (SSSR count). The Hall–Kier alpha value is -1.75. The number of benzene rings is 1. The molecule has 0 aliphatic carbocycles. The number of nitrogens with one attached hydrogen (secondary N) is 2. The van der Waals surface area contributed by atoms with Gasteiger partial charge in [0, 0.05) is 24.6 Å². The van der Waals surface area contributed by atoms with Gasteiger partial charge in [0.05, 0.1) is 5.56 Å². The fourth-order valence-electron chi connectivity index (χ4n) is 2.89. The lowest BCUT2D eigenvalue weighted by Crippen LogP contribution is -2.34.